The largest absolute Gasteiger partial charge is 2.00 e. The third-order valence-corrected chi connectivity index (χ3v) is 11.1. The molecule has 54 heavy (non-hydrogen) atoms. The van der Waals surface area contributed by atoms with Crippen LogP contribution in [0.25, 0.3) is 71.1 Å². The molecule has 1 unspecified atom stereocenters. The van der Waals surface area contributed by atoms with Crippen LogP contribution in [0.4, 0.5) is 5.69 Å². The monoisotopic (exact) mass is 779 g/mol. The van der Waals surface area contributed by atoms with E-state index in [1.807, 2.05) is 24.4 Å². The molecule has 0 amide bonds. The molecule has 12 rings (SSSR count). The number of fused-ring (bicyclic) bond motifs is 18. The summed E-state index contributed by atoms with van der Waals surface area (Å²) in [5.41, 5.74) is 12.2. The molecule has 1 aliphatic carbocycles. The number of aliphatic imine (C=N–C) groups is 1. The minimum Gasteiger partial charge on any atom is -0.497 e. The van der Waals surface area contributed by atoms with E-state index < -0.39 is 0 Å². The standard InChI is InChI=1S/C49H27N3O.Pd/c1-2-11-29(12-3-1)52-43-19-9-7-16-39(43)45-44(52)25-24-36-35-23-21-31(28-41(35)49-47(46(36)45)38-15-6-8-18-42(38)51-49)53-30-20-22-34-32-13-4-5-14-33(32)37-17-10-26-50-48(37)40(34)27-30;/h1-26,47H;/q-2;+2. The maximum atomic E-state index is 6.61. The molecule has 0 spiro atoms. The van der Waals surface area contributed by atoms with Gasteiger partial charge in [0.2, 0.25) is 0 Å². The summed E-state index contributed by atoms with van der Waals surface area (Å²) in [6.07, 6.45) is 1.84. The van der Waals surface area contributed by atoms with Crippen molar-refractivity contribution in [3.63, 3.8) is 0 Å². The van der Waals surface area contributed by atoms with Crippen LogP contribution < -0.4 is 4.74 Å². The maximum Gasteiger partial charge on any atom is 2.00 e. The number of pyridine rings is 1. The van der Waals surface area contributed by atoms with Gasteiger partial charge in [0.15, 0.2) is 0 Å². The first-order chi connectivity index (χ1) is 26.3. The van der Waals surface area contributed by atoms with Gasteiger partial charge in [0.1, 0.15) is 0 Å². The Kier molecular flexibility index (Phi) is 6.82. The van der Waals surface area contributed by atoms with Crippen molar-refractivity contribution in [3.05, 3.63) is 187 Å². The van der Waals surface area contributed by atoms with Gasteiger partial charge in [0, 0.05) is 40.1 Å². The zero-order valence-corrected chi connectivity index (χ0v) is 30.2. The van der Waals surface area contributed by atoms with Crippen LogP contribution in [0.1, 0.15) is 22.6 Å². The first kappa shape index (κ1) is 31.2. The van der Waals surface area contributed by atoms with Crippen molar-refractivity contribution >= 4 is 65.7 Å². The van der Waals surface area contributed by atoms with Gasteiger partial charge in [-0.1, -0.05) is 137 Å². The Morgan fingerprint density at radius 3 is 2.15 bits per heavy atom. The number of aromatic nitrogens is 2. The van der Waals surface area contributed by atoms with Crippen LogP contribution in [0.15, 0.2) is 163 Å². The molecule has 0 saturated heterocycles. The van der Waals surface area contributed by atoms with Gasteiger partial charge >= 0.3 is 20.4 Å². The molecule has 0 saturated carbocycles. The summed E-state index contributed by atoms with van der Waals surface area (Å²) >= 11 is 0. The van der Waals surface area contributed by atoms with Crippen LogP contribution in [0.5, 0.6) is 11.5 Å². The summed E-state index contributed by atoms with van der Waals surface area (Å²) in [4.78, 5) is 10.1. The molecule has 0 fully saturated rings. The topological polar surface area (TPSA) is 39.4 Å². The van der Waals surface area contributed by atoms with E-state index in [0.717, 1.165) is 49.9 Å². The number of para-hydroxylation sites is 3. The second-order valence-corrected chi connectivity index (χ2v) is 13.9. The van der Waals surface area contributed by atoms with Gasteiger partial charge in [-0.3, -0.25) is 4.99 Å². The summed E-state index contributed by atoms with van der Waals surface area (Å²) in [7, 11) is 0. The van der Waals surface area contributed by atoms with E-state index in [1.165, 1.54) is 49.3 Å². The van der Waals surface area contributed by atoms with Gasteiger partial charge in [-0.15, -0.1) is 23.1 Å². The minimum atomic E-state index is -0.0446. The molecular weight excluding hydrogens is 753 g/mol. The summed E-state index contributed by atoms with van der Waals surface area (Å²) in [5, 5.41) is 8.01. The normalized spacial score (nSPS) is 14.1. The Labute approximate surface area is 324 Å². The number of hydrogen-bond acceptors (Lipinski definition) is 3. The zero-order valence-electron chi connectivity index (χ0n) is 28.7. The Morgan fingerprint density at radius 2 is 1.26 bits per heavy atom. The Bertz CT molecular complexity index is 3180. The second kappa shape index (κ2) is 11.8. The molecule has 8 aromatic carbocycles. The molecule has 5 heteroatoms. The van der Waals surface area contributed by atoms with E-state index in [4.69, 9.17) is 14.7 Å². The van der Waals surface area contributed by atoms with E-state index >= 15 is 0 Å². The van der Waals surface area contributed by atoms with Gasteiger partial charge in [-0.05, 0) is 69.5 Å². The molecule has 2 aliphatic rings. The smallest absolute Gasteiger partial charge is 0.497 e. The summed E-state index contributed by atoms with van der Waals surface area (Å²) in [5.74, 6) is 1.20. The minimum absolute atomic E-state index is 0. The fraction of sp³-hybridized carbons (Fsp3) is 0.0204. The molecule has 3 heterocycles. The third kappa shape index (κ3) is 4.34. The van der Waals surface area contributed by atoms with E-state index in [-0.39, 0.29) is 26.3 Å². The second-order valence-electron chi connectivity index (χ2n) is 13.9. The average Bonchev–Trinajstić information content (AvgIpc) is 3.78. The third-order valence-electron chi connectivity index (χ3n) is 11.1. The SMILES string of the molecule is [Pd+2].[c-]1c(Oc2[c-]c3c(cc2)c2ccccc2c2cccnc32)ccc2c1C1=Nc3ccccc3C1c1c-2ccc2c1c1ccccc1n2-c1ccccc1. The fourth-order valence-corrected chi connectivity index (χ4v) is 8.94. The van der Waals surface area contributed by atoms with E-state index in [9.17, 15) is 0 Å². The van der Waals surface area contributed by atoms with Crippen molar-refractivity contribution in [1.29, 1.82) is 0 Å². The van der Waals surface area contributed by atoms with Gasteiger partial charge in [0.25, 0.3) is 0 Å². The number of nitrogens with zero attached hydrogens (tertiary/aromatic N) is 3. The fourth-order valence-electron chi connectivity index (χ4n) is 8.94. The predicted molar refractivity (Wildman–Crippen MR) is 215 cm³/mol. The number of rotatable bonds is 3. The Balaban J connectivity index is 0.00000341. The Hall–Kier alpha value is -6.38. The first-order valence-electron chi connectivity index (χ1n) is 18.0. The summed E-state index contributed by atoms with van der Waals surface area (Å²) < 4.78 is 9.00. The Morgan fingerprint density at radius 1 is 0.556 bits per heavy atom. The first-order valence-corrected chi connectivity index (χ1v) is 18.0. The van der Waals surface area contributed by atoms with E-state index in [2.05, 4.69) is 150 Å². The van der Waals surface area contributed by atoms with Crippen molar-refractivity contribution in [3.8, 4) is 28.3 Å². The van der Waals surface area contributed by atoms with Crippen molar-refractivity contribution in [2.24, 2.45) is 4.99 Å². The van der Waals surface area contributed by atoms with Crippen LogP contribution in [0, 0.1) is 12.1 Å². The summed E-state index contributed by atoms with van der Waals surface area (Å²) in [6.45, 7) is 0. The van der Waals surface area contributed by atoms with Crippen molar-refractivity contribution < 1.29 is 25.2 Å². The van der Waals surface area contributed by atoms with Crippen LogP contribution in [-0.4, -0.2) is 15.3 Å². The van der Waals surface area contributed by atoms with Crippen LogP contribution in [0.3, 0.4) is 0 Å². The maximum absolute atomic E-state index is 6.61. The predicted octanol–water partition coefficient (Wildman–Crippen LogP) is 12.3. The molecule has 4 nitrogen and oxygen atoms in total. The molecular formula is C49H27N3OPd. The summed E-state index contributed by atoms with van der Waals surface area (Å²) in [6, 6.07) is 60.7. The van der Waals surface area contributed by atoms with Crippen molar-refractivity contribution in [1.82, 2.24) is 9.55 Å². The van der Waals surface area contributed by atoms with Crippen molar-refractivity contribution in [2.45, 2.75) is 5.92 Å². The quantitative estimate of drug-likeness (QED) is 0.102. The zero-order chi connectivity index (χ0) is 34.6. The molecule has 1 aliphatic heterocycles. The molecule has 0 bridgehead atoms. The van der Waals surface area contributed by atoms with Gasteiger partial charge in [-0.2, -0.15) is 0 Å². The molecule has 10 aromatic rings. The van der Waals surface area contributed by atoms with Gasteiger partial charge < -0.3 is 14.3 Å². The van der Waals surface area contributed by atoms with Crippen molar-refractivity contribution in [2.75, 3.05) is 0 Å². The molecule has 0 N–H and O–H groups in total. The number of ether oxygens (including phenoxy) is 1. The number of hydrogen-bond donors (Lipinski definition) is 0. The van der Waals surface area contributed by atoms with Gasteiger partial charge in [0.05, 0.1) is 16.7 Å². The van der Waals surface area contributed by atoms with Crippen LogP contribution in [-0.2, 0) is 20.4 Å². The average molecular weight is 780 g/mol. The van der Waals surface area contributed by atoms with E-state index in [1.54, 1.807) is 0 Å². The molecule has 254 valence electrons. The van der Waals surface area contributed by atoms with Crippen LogP contribution in [0.2, 0.25) is 0 Å². The molecule has 0 radical (unpaired) electrons. The molecule has 1 atom stereocenters. The molecule has 2 aromatic heterocycles. The van der Waals surface area contributed by atoms with Gasteiger partial charge in [-0.25, -0.2) is 0 Å². The van der Waals surface area contributed by atoms with Crippen LogP contribution >= 0.6 is 0 Å². The number of benzene rings is 8. The van der Waals surface area contributed by atoms with E-state index in [0.29, 0.717) is 11.5 Å².